The molecule has 0 aromatic rings. The molecule has 0 aromatic carbocycles. The van der Waals surface area contributed by atoms with Gasteiger partial charge < -0.3 is 19.3 Å². The van der Waals surface area contributed by atoms with Gasteiger partial charge in [0.15, 0.2) is 0 Å². The van der Waals surface area contributed by atoms with E-state index in [0.29, 0.717) is 29.6 Å². The van der Waals surface area contributed by atoms with Crippen LogP contribution in [0, 0.1) is 5.92 Å². The van der Waals surface area contributed by atoms with Gasteiger partial charge in [0, 0.05) is 23.1 Å². The second kappa shape index (κ2) is 9.01. The Labute approximate surface area is 164 Å². The lowest BCUT2D eigenvalue weighted by molar-refractivity contribution is -0.151. The predicted molar refractivity (Wildman–Crippen MR) is 101 cm³/mol. The van der Waals surface area contributed by atoms with Gasteiger partial charge in [0.05, 0.1) is 13.0 Å². The van der Waals surface area contributed by atoms with E-state index in [2.05, 4.69) is 13.2 Å². The highest BCUT2D eigenvalue weighted by atomic mass is 16.6. The van der Waals surface area contributed by atoms with E-state index in [1.165, 1.54) is 7.11 Å². The van der Waals surface area contributed by atoms with E-state index in [9.17, 15) is 19.5 Å². The van der Waals surface area contributed by atoms with Gasteiger partial charge in [-0.3, -0.25) is 0 Å². The summed E-state index contributed by atoms with van der Waals surface area (Å²) in [5.74, 6) is -2.64. The summed E-state index contributed by atoms with van der Waals surface area (Å²) in [5.41, 5.74) is 1.22. The van der Waals surface area contributed by atoms with Crippen molar-refractivity contribution in [3.63, 3.8) is 0 Å². The number of hydrogen-bond acceptors (Lipinski definition) is 7. The second-order valence-electron chi connectivity index (χ2n) is 6.90. The Morgan fingerprint density at radius 3 is 2.64 bits per heavy atom. The van der Waals surface area contributed by atoms with E-state index < -0.39 is 42.1 Å². The normalized spacial score (nSPS) is 28.8. The molecule has 0 spiro atoms. The van der Waals surface area contributed by atoms with E-state index in [1.54, 1.807) is 26.0 Å². The maximum atomic E-state index is 12.4. The molecule has 1 fully saturated rings. The van der Waals surface area contributed by atoms with E-state index in [4.69, 9.17) is 14.2 Å². The monoisotopic (exact) mass is 390 g/mol. The fraction of sp³-hybridized carbons (Fsp3) is 0.476. The quantitative estimate of drug-likeness (QED) is 0.341. The third kappa shape index (κ3) is 4.42. The molecule has 1 saturated heterocycles. The number of rotatable bonds is 3. The first-order chi connectivity index (χ1) is 13.2. The lowest BCUT2D eigenvalue weighted by Crippen LogP contribution is -2.41. The minimum atomic E-state index is -1.13. The standard InChI is InChI=1S/C21H26O7/c1-6-11(2)19(23)27-15-10-14(21(25)26-5)9-7-8-12(3)17(22)18-16(15)13(4)20(24)28-18/h6,9,15-18,22H,3-4,7-8,10H2,1-2,5H3. The third-order valence-electron chi connectivity index (χ3n) is 5.13. The predicted octanol–water partition coefficient (Wildman–Crippen LogP) is 2.16. The van der Waals surface area contributed by atoms with Gasteiger partial charge >= 0.3 is 17.9 Å². The number of carbonyl (C=O) groups is 3. The zero-order valence-electron chi connectivity index (χ0n) is 16.4. The van der Waals surface area contributed by atoms with Gasteiger partial charge in [-0.2, -0.15) is 0 Å². The number of aliphatic hydroxyl groups is 1. The highest BCUT2D eigenvalue weighted by molar-refractivity contribution is 5.92. The minimum absolute atomic E-state index is 0.00539. The summed E-state index contributed by atoms with van der Waals surface area (Å²) in [6.07, 6.45) is 1.03. The number of fused-ring (bicyclic) bond motifs is 1. The molecule has 0 aromatic heterocycles. The van der Waals surface area contributed by atoms with Crippen LogP contribution in [0.1, 0.15) is 33.1 Å². The molecule has 1 aliphatic carbocycles. The molecule has 1 heterocycles. The van der Waals surface area contributed by atoms with Crippen LogP contribution in [-0.2, 0) is 28.6 Å². The number of carbonyl (C=O) groups excluding carboxylic acids is 3. The molecule has 1 N–H and O–H groups in total. The summed E-state index contributed by atoms with van der Waals surface area (Å²) in [7, 11) is 1.26. The summed E-state index contributed by atoms with van der Waals surface area (Å²) >= 11 is 0. The second-order valence-corrected chi connectivity index (χ2v) is 6.90. The van der Waals surface area contributed by atoms with Crippen molar-refractivity contribution in [1.82, 2.24) is 0 Å². The van der Waals surface area contributed by atoms with Crippen LogP contribution in [-0.4, -0.2) is 48.4 Å². The summed E-state index contributed by atoms with van der Waals surface area (Å²) in [6.45, 7) is 10.9. The van der Waals surface area contributed by atoms with Crippen LogP contribution >= 0.6 is 0 Å². The van der Waals surface area contributed by atoms with Crippen LogP contribution in [0.4, 0.5) is 0 Å². The van der Waals surface area contributed by atoms with E-state index in [-0.39, 0.29) is 12.0 Å². The van der Waals surface area contributed by atoms with Crippen molar-refractivity contribution in [2.24, 2.45) is 5.92 Å². The molecular weight excluding hydrogens is 364 g/mol. The molecule has 0 amide bonds. The third-order valence-corrected chi connectivity index (χ3v) is 5.13. The molecule has 4 unspecified atom stereocenters. The van der Waals surface area contributed by atoms with Crippen LogP contribution in [0.2, 0.25) is 0 Å². The number of methoxy groups -OCH3 is 1. The highest BCUT2D eigenvalue weighted by Gasteiger charge is 2.49. The zero-order chi connectivity index (χ0) is 21.0. The molecule has 2 rings (SSSR count). The first-order valence-corrected chi connectivity index (χ1v) is 9.08. The van der Waals surface area contributed by atoms with Crippen LogP contribution in [0.15, 0.2) is 47.6 Å². The van der Waals surface area contributed by atoms with Gasteiger partial charge in [0.2, 0.25) is 0 Å². The van der Waals surface area contributed by atoms with Crippen molar-refractivity contribution in [3.8, 4) is 0 Å². The molecule has 7 heteroatoms. The average Bonchev–Trinajstić information content (AvgIpc) is 2.98. The van der Waals surface area contributed by atoms with Crippen molar-refractivity contribution in [1.29, 1.82) is 0 Å². The zero-order valence-corrected chi connectivity index (χ0v) is 16.4. The van der Waals surface area contributed by atoms with Crippen molar-refractivity contribution >= 4 is 17.9 Å². The van der Waals surface area contributed by atoms with Gasteiger partial charge in [0.1, 0.15) is 18.3 Å². The number of aliphatic hydroxyl groups excluding tert-OH is 1. The summed E-state index contributed by atoms with van der Waals surface area (Å²) in [5, 5.41) is 10.7. The lowest BCUT2D eigenvalue weighted by atomic mass is 9.82. The summed E-state index contributed by atoms with van der Waals surface area (Å²) in [4.78, 5) is 36.8. The topological polar surface area (TPSA) is 99.1 Å². The van der Waals surface area contributed by atoms with Crippen molar-refractivity contribution in [3.05, 3.63) is 47.6 Å². The van der Waals surface area contributed by atoms with Crippen LogP contribution in [0.3, 0.4) is 0 Å². The smallest absolute Gasteiger partial charge is 0.334 e. The molecule has 152 valence electrons. The molecule has 0 saturated carbocycles. The van der Waals surface area contributed by atoms with Crippen molar-refractivity contribution in [2.45, 2.75) is 51.4 Å². The Bertz CT molecular complexity index is 759. The fourth-order valence-electron chi connectivity index (χ4n) is 3.30. The maximum absolute atomic E-state index is 12.4. The Balaban J connectivity index is 2.51. The van der Waals surface area contributed by atoms with Gasteiger partial charge in [-0.25, -0.2) is 14.4 Å². The Hall–Kier alpha value is -2.67. The molecule has 28 heavy (non-hydrogen) atoms. The maximum Gasteiger partial charge on any atom is 0.334 e. The summed E-state index contributed by atoms with van der Waals surface area (Å²) < 4.78 is 15.8. The van der Waals surface area contributed by atoms with E-state index >= 15 is 0 Å². The van der Waals surface area contributed by atoms with E-state index in [1.807, 2.05) is 0 Å². The Morgan fingerprint density at radius 1 is 1.36 bits per heavy atom. The van der Waals surface area contributed by atoms with Gasteiger partial charge in [-0.15, -0.1) is 0 Å². The van der Waals surface area contributed by atoms with Gasteiger partial charge in [-0.05, 0) is 32.3 Å². The summed E-state index contributed by atoms with van der Waals surface area (Å²) in [6, 6.07) is 0. The van der Waals surface area contributed by atoms with Crippen LogP contribution < -0.4 is 0 Å². The number of esters is 3. The largest absolute Gasteiger partial charge is 0.466 e. The fourth-order valence-corrected chi connectivity index (χ4v) is 3.30. The molecule has 1 aliphatic heterocycles. The van der Waals surface area contributed by atoms with Crippen molar-refractivity contribution < 1.29 is 33.7 Å². The minimum Gasteiger partial charge on any atom is -0.466 e. The first kappa shape index (κ1) is 21.6. The average molecular weight is 390 g/mol. The lowest BCUT2D eigenvalue weighted by Gasteiger charge is -2.31. The molecule has 0 radical (unpaired) electrons. The molecule has 2 aliphatic rings. The molecule has 0 bridgehead atoms. The number of allylic oxidation sites excluding steroid dienone is 2. The van der Waals surface area contributed by atoms with E-state index in [0.717, 1.165) is 0 Å². The molecule has 7 nitrogen and oxygen atoms in total. The molecule has 4 atom stereocenters. The van der Waals surface area contributed by atoms with Crippen LogP contribution in [0.5, 0.6) is 0 Å². The highest BCUT2D eigenvalue weighted by Crippen LogP contribution is 2.38. The number of ether oxygens (including phenoxy) is 3. The van der Waals surface area contributed by atoms with Crippen LogP contribution in [0.25, 0.3) is 0 Å². The Morgan fingerprint density at radius 2 is 2.04 bits per heavy atom. The van der Waals surface area contributed by atoms with Gasteiger partial charge in [-0.1, -0.05) is 25.3 Å². The Kier molecular flexibility index (Phi) is 6.96. The SMILES string of the molecule is C=C1CCC=C(C(=O)OC)CC(OC(=O)C(C)=CC)C2C(=C)C(=O)OC2C1O. The van der Waals surface area contributed by atoms with Gasteiger partial charge in [0.25, 0.3) is 0 Å². The number of hydrogen-bond donors (Lipinski definition) is 1. The first-order valence-electron chi connectivity index (χ1n) is 9.08. The van der Waals surface area contributed by atoms with Crippen molar-refractivity contribution in [2.75, 3.05) is 7.11 Å². The molecular formula is C21H26O7.